The molecule has 1 aromatic rings. The van der Waals surface area contributed by atoms with E-state index in [1.54, 1.807) is 24.3 Å². The van der Waals surface area contributed by atoms with Crippen LogP contribution in [0, 0.1) is 0 Å². The van der Waals surface area contributed by atoms with Crippen molar-refractivity contribution in [2.45, 2.75) is 55.7 Å². The van der Waals surface area contributed by atoms with Gasteiger partial charge in [0, 0.05) is 31.2 Å². The molecule has 1 heterocycles. The smallest absolute Gasteiger partial charge is 0.241 e. The molecule has 1 saturated heterocycles. The number of nitrogens with zero attached hydrogens (tertiary/aromatic N) is 1. The monoisotopic (exact) mass is 354 g/mol. The average Bonchev–Trinajstić information content (AvgIpc) is 3.16. The zero-order valence-corrected chi connectivity index (χ0v) is 14.8. The van der Waals surface area contributed by atoms with Crippen LogP contribution in [0.25, 0.3) is 0 Å². The van der Waals surface area contributed by atoms with E-state index in [9.17, 15) is 13.5 Å². The first-order valence-electron chi connectivity index (χ1n) is 8.67. The first-order chi connectivity index (χ1) is 11.5. The molecule has 1 unspecified atom stereocenters. The van der Waals surface area contributed by atoms with Crippen molar-refractivity contribution in [1.29, 1.82) is 0 Å². The Bertz CT molecular complexity index is 664. The second-order valence-electron chi connectivity index (χ2n) is 6.57. The van der Waals surface area contributed by atoms with Gasteiger partial charge in [-0.15, -0.1) is 0 Å². The zero-order valence-electron chi connectivity index (χ0n) is 14.0. The van der Waals surface area contributed by atoms with Gasteiger partial charge in [0.05, 0.1) is 17.6 Å². The maximum atomic E-state index is 12.7. The number of benzene rings is 1. The molecule has 1 aliphatic carbocycles. The van der Waals surface area contributed by atoms with Crippen LogP contribution in [0.2, 0.25) is 0 Å². The number of sulfonamides is 1. The lowest BCUT2D eigenvalue weighted by Gasteiger charge is -2.29. The molecule has 2 fully saturated rings. The van der Waals surface area contributed by atoms with E-state index in [1.165, 1.54) is 0 Å². The molecular formula is C17H26N2O4S. The van der Waals surface area contributed by atoms with Crippen molar-refractivity contribution in [2.75, 3.05) is 19.7 Å². The summed E-state index contributed by atoms with van der Waals surface area (Å²) in [5.41, 5.74) is 0. The summed E-state index contributed by atoms with van der Waals surface area (Å²) in [6, 6.07) is 6.68. The molecule has 0 spiro atoms. The number of aliphatic hydroxyl groups excluding tert-OH is 1. The second kappa shape index (κ2) is 7.39. The molecule has 1 saturated carbocycles. The molecule has 3 atom stereocenters. The Hall–Kier alpha value is -1.15. The van der Waals surface area contributed by atoms with Gasteiger partial charge in [0.25, 0.3) is 0 Å². The topological polar surface area (TPSA) is 78.9 Å². The average molecular weight is 354 g/mol. The Balaban J connectivity index is 1.72. The van der Waals surface area contributed by atoms with Gasteiger partial charge in [-0.3, -0.25) is 4.90 Å². The predicted octanol–water partition coefficient (Wildman–Crippen LogP) is 1.35. The number of hydrogen-bond donors (Lipinski definition) is 2. The first kappa shape index (κ1) is 17.7. The molecule has 0 aromatic heterocycles. The van der Waals surface area contributed by atoms with E-state index in [0.717, 1.165) is 32.2 Å². The van der Waals surface area contributed by atoms with Crippen LogP contribution < -0.4 is 9.46 Å². The third kappa shape index (κ3) is 3.91. The van der Waals surface area contributed by atoms with Crippen LogP contribution in [0.3, 0.4) is 0 Å². The maximum Gasteiger partial charge on any atom is 0.241 e. The Labute approximate surface area is 143 Å². The minimum Gasteiger partial charge on any atom is -0.494 e. The molecule has 7 heteroatoms. The van der Waals surface area contributed by atoms with E-state index in [1.807, 2.05) is 6.92 Å². The fourth-order valence-electron chi connectivity index (χ4n) is 3.75. The summed E-state index contributed by atoms with van der Waals surface area (Å²) in [4.78, 5) is 2.46. The van der Waals surface area contributed by atoms with Crippen molar-refractivity contribution < 1.29 is 18.3 Å². The molecule has 2 N–H and O–H groups in total. The van der Waals surface area contributed by atoms with Crippen LogP contribution in [0.5, 0.6) is 5.75 Å². The highest BCUT2D eigenvalue weighted by atomic mass is 32.2. The molecule has 1 aromatic carbocycles. The molecule has 2 aliphatic rings. The third-order valence-electron chi connectivity index (χ3n) is 4.88. The molecular weight excluding hydrogens is 328 g/mol. The van der Waals surface area contributed by atoms with E-state index in [2.05, 4.69) is 9.62 Å². The molecule has 24 heavy (non-hydrogen) atoms. The highest BCUT2D eigenvalue weighted by Gasteiger charge is 2.37. The summed E-state index contributed by atoms with van der Waals surface area (Å²) in [7, 11) is -3.58. The van der Waals surface area contributed by atoms with Crippen LogP contribution in [0.4, 0.5) is 0 Å². The van der Waals surface area contributed by atoms with Crippen LogP contribution >= 0.6 is 0 Å². The van der Waals surface area contributed by atoms with E-state index < -0.39 is 10.0 Å². The van der Waals surface area contributed by atoms with Crippen molar-refractivity contribution in [3.05, 3.63) is 24.3 Å². The van der Waals surface area contributed by atoms with Gasteiger partial charge in [0.1, 0.15) is 5.75 Å². The van der Waals surface area contributed by atoms with E-state index in [4.69, 9.17) is 4.74 Å². The lowest BCUT2D eigenvalue weighted by molar-refractivity contribution is 0.153. The highest BCUT2D eigenvalue weighted by Crippen LogP contribution is 2.29. The summed E-state index contributed by atoms with van der Waals surface area (Å²) in [5, 5.41) is 9.74. The van der Waals surface area contributed by atoms with Crippen LogP contribution in [-0.2, 0) is 10.0 Å². The molecule has 134 valence electrons. The van der Waals surface area contributed by atoms with Gasteiger partial charge < -0.3 is 9.84 Å². The third-order valence-corrected chi connectivity index (χ3v) is 6.36. The summed E-state index contributed by atoms with van der Waals surface area (Å²) < 4.78 is 33.7. The number of nitrogens with one attached hydrogen (secondary N) is 1. The Morgan fingerprint density at radius 2 is 2.17 bits per heavy atom. The van der Waals surface area contributed by atoms with Crippen molar-refractivity contribution in [2.24, 2.45) is 0 Å². The number of likely N-dealkylation sites (tertiary alicyclic amines) is 1. The normalized spacial score (nSPS) is 28.3. The van der Waals surface area contributed by atoms with Gasteiger partial charge >= 0.3 is 0 Å². The van der Waals surface area contributed by atoms with Gasteiger partial charge in [-0.1, -0.05) is 12.5 Å². The Morgan fingerprint density at radius 3 is 2.88 bits per heavy atom. The summed E-state index contributed by atoms with van der Waals surface area (Å²) >= 11 is 0. The minimum atomic E-state index is -3.58. The summed E-state index contributed by atoms with van der Waals surface area (Å²) in [6.07, 6.45) is 3.29. The number of ether oxygens (including phenoxy) is 1. The van der Waals surface area contributed by atoms with Crippen LogP contribution in [0.15, 0.2) is 29.2 Å². The SMILES string of the molecule is CCOc1cccc(S(=O)(=O)N[C@@H]2CCC[C@@H]2N2CCC(O)C2)c1. The van der Waals surface area contributed by atoms with Gasteiger partial charge in [-0.2, -0.15) is 0 Å². The van der Waals surface area contributed by atoms with E-state index in [0.29, 0.717) is 18.9 Å². The van der Waals surface area contributed by atoms with Crippen LogP contribution in [0.1, 0.15) is 32.6 Å². The molecule has 0 radical (unpaired) electrons. The lowest BCUT2D eigenvalue weighted by atomic mass is 10.1. The van der Waals surface area contributed by atoms with E-state index >= 15 is 0 Å². The summed E-state index contributed by atoms with van der Waals surface area (Å²) in [5.74, 6) is 0.561. The number of aliphatic hydroxyl groups is 1. The van der Waals surface area contributed by atoms with Crippen LogP contribution in [-0.4, -0.2) is 56.3 Å². The zero-order chi connectivity index (χ0) is 17.2. The highest BCUT2D eigenvalue weighted by molar-refractivity contribution is 7.89. The van der Waals surface area contributed by atoms with Gasteiger partial charge in [-0.05, 0) is 38.3 Å². The first-order valence-corrected chi connectivity index (χ1v) is 10.1. The van der Waals surface area contributed by atoms with Crippen molar-refractivity contribution in [1.82, 2.24) is 9.62 Å². The molecule has 0 amide bonds. The number of rotatable bonds is 6. The van der Waals surface area contributed by atoms with Gasteiger partial charge in [-0.25, -0.2) is 13.1 Å². The fraction of sp³-hybridized carbons (Fsp3) is 0.647. The predicted molar refractivity (Wildman–Crippen MR) is 91.6 cm³/mol. The minimum absolute atomic E-state index is 0.101. The van der Waals surface area contributed by atoms with Crippen molar-refractivity contribution in [3.63, 3.8) is 0 Å². The van der Waals surface area contributed by atoms with Gasteiger partial charge in [0.15, 0.2) is 0 Å². The lowest BCUT2D eigenvalue weighted by Crippen LogP contribution is -2.48. The van der Waals surface area contributed by atoms with Gasteiger partial charge in [0.2, 0.25) is 10.0 Å². The maximum absolute atomic E-state index is 12.7. The van der Waals surface area contributed by atoms with E-state index in [-0.39, 0.29) is 23.1 Å². The Morgan fingerprint density at radius 1 is 1.33 bits per heavy atom. The Kier molecular flexibility index (Phi) is 5.44. The number of β-amino-alcohol motifs (C(OH)–C–C–N with tert-alkyl or cyclic N) is 1. The van der Waals surface area contributed by atoms with Crippen molar-refractivity contribution in [3.8, 4) is 5.75 Å². The fourth-order valence-corrected chi connectivity index (χ4v) is 5.09. The second-order valence-corrected chi connectivity index (χ2v) is 8.29. The number of hydrogen-bond acceptors (Lipinski definition) is 5. The largest absolute Gasteiger partial charge is 0.494 e. The van der Waals surface area contributed by atoms with Crippen molar-refractivity contribution >= 4 is 10.0 Å². The molecule has 1 aliphatic heterocycles. The summed E-state index contributed by atoms with van der Waals surface area (Å²) in [6.45, 7) is 3.85. The quantitative estimate of drug-likeness (QED) is 0.806. The standard InChI is InChI=1S/C17H26N2O4S/c1-2-23-14-5-3-6-15(11-14)24(21,22)18-16-7-4-8-17(16)19-10-9-13(20)12-19/h3,5-6,11,13,16-18,20H,2,4,7-10,12H2,1H3/t13?,16-,17+/m1/s1. The molecule has 6 nitrogen and oxygen atoms in total. The molecule has 3 rings (SSSR count). The molecule has 0 bridgehead atoms.